The van der Waals surface area contributed by atoms with Crippen LogP contribution < -0.4 is 11.1 Å². The first-order valence-electron chi connectivity index (χ1n) is 6.98. The Morgan fingerprint density at radius 3 is 2.85 bits per heavy atom. The molecule has 0 bridgehead atoms. The molecule has 1 fully saturated rings. The zero-order chi connectivity index (χ0) is 14.2. The lowest BCUT2D eigenvalue weighted by Gasteiger charge is -2.10. The third-order valence-electron chi connectivity index (χ3n) is 3.26. The van der Waals surface area contributed by atoms with Crippen molar-refractivity contribution in [1.29, 1.82) is 0 Å². The summed E-state index contributed by atoms with van der Waals surface area (Å²) in [6, 6.07) is 7.22. The monoisotopic (exact) mass is 272 g/mol. The number of rotatable bonds is 4. The number of amides is 1. The molecule has 3 N–H and O–H groups in total. The quantitative estimate of drug-likeness (QED) is 0.812. The molecule has 4 heteroatoms. The number of ether oxygens (including phenoxy) is 1. The molecule has 0 radical (unpaired) electrons. The van der Waals surface area contributed by atoms with Gasteiger partial charge in [-0.15, -0.1) is 0 Å². The molecule has 0 spiro atoms. The first-order chi connectivity index (χ1) is 9.79. The van der Waals surface area contributed by atoms with Crippen molar-refractivity contribution < 1.29 is 9.53 Å². The Labute approximate surface area is 119 Å². The molecule has 1 heterocycles. The SMILES string of the molecule is NCC#Cc1ccc(C(=O)NCCC2CCCO2)cc1. The second kappa shape index (κ2) is 7.68. The minimum atomic E-state index is -0.0543. The van der Waals surface area contributed by atoms with E-state index in [9.17, 15) is 4.79 Å². The van der Waals surface area contributed by atoms with Crippen LogP contribution in [0.25, 0.3) is 0 Å². The van der Waals surface area contributed by atoms with Gasteiger partial charge in [0.05, 0.1) is 12.6 Å². The highest BCUT2D eigenvalue weighted by molar-refractivity contribution is 5.94. The van der Waals surface area contributed by atoms with E-state index in [0.717, 1.165) is 31.4 Å². The van der Waals surface area contributed by atoms with Gasteiger partial charge in [-0.05, 0) is 43.5 Å². The molecule has 106 valence electrons. The van der Waals surface area contributed by atoms with Crippen LogP contribution in [0.3, 0.4) is 0 Å². The van der Waals surface area contributed by atoms with E-state index in [0.29, 0.717) is 24.8 Å². The molecule has 4 nitrogen and oxygen atoms in total. The second-order valence-corrected chi connectivity index (χ2v) is 4.76. The highest BCUT2D eigenvalue weighted by Gasteiger charge is 2.15. The minimum Gasteiger partial charge on any atom is -0.378 e. The predicted octanol–water partition coefficient (Wildman–Crippen LogP) is 1.30. The zero-order valence-corrected chi connectivity index (χ0v) is 11.5. The van der Waals surface area contributed by atoms with E-state index in [1.54, 1.807) is 12.1 Å². The summed E-state index contributed by atoms with van der Waals surface area (Å²) in [4.78, 5) is 11.9. The molecule has 20 heavy (non-hydrogen) atoms. The lowest BCUT2D eigenvalue weighted by Crippen LogP contribution is -2.26. The van der Waals surface area contributed by atoms with E-state index in [2.05, 4.69) is 17.2 Å². The van der Waals surface area contributed by atoms with Crippen LogP contribution in [0.4, 0.5) is 0 Å². The summed E-state index contributed by atoms with van der Waals surface area (Å²) in [6.07, 6.45) is 3.42. The minimum absolute atomic E-state index is 0.0543. The van der Waals surface area contributed by atoms with Crippen LogP contribution in [0.15, 0.2) is 24.3 Å². The topological polar surface area (TPSA) is 64.4 Å². The maximum Gasteiger partial charge on any atom is 0.251 e. The number of nitrogens with two attached hydrogens (primary N) is 1. The number of nitrogens with one attached hydrogen (secondary N) is 1. The molecule has 1 atom stereocenters. The maximum absolute atomic E-state index is 11.9. The highest BCUT2D eigenvalue weighted by atomic mass is 16.5. The van der Waals surface area contributed by atoms with Gasteiger partial charge in [-0.25, -0.2) is 0 Å². The van der Waals surface area contributed by atoms with E-state index in [1.807, 2.05) is 12.1 Å². The standard InChI is InChI=1S/C16H20N2O2/c17-10-1-3-13-5-7-14(8-6-13)16(19)18-11-9-15-4-2-12-20-15/h5-8,15H,2,4,9-12,17H2,(H,18,19). The van der Waals surface area contributed by atoms with Gasteiger partial charge in [0, 0.05) is 24.3 Å². The Hall–Kier alpha value is -1.83. The Morgan fingerprint density at radius 2 is 2.20 bits per heavy atom. The fourth-order valence-electron chi connectivity index (χ4n) is 2.18. The summed E-state index contributed by atoms with van der Waals surface area (Å²) in [7, 11) is 0. The van der Waals surface area contributed by atoms with Gasteiger partial charge in [0.15, 0.2) is 0 Å². The molecule has 1 aromatic rings. The van der Waals surface area contributed by atoms with Crippen LogP contribution in [0.5, 0.6) is 0 Å². The number of benzene rings is 1. The summed E-state index contributed by atoms with van der Waals surface area (Å²) in [5, 5.41) is 2.91. The number of carbonyl (C=O) groups excluding carboxylic acids is 1. The van der Waals surface area contributed by atoms with Gasteiger partial charge in [-0.3, -0.25) is 4.79 Å². The van der Waals surface area contributed by atoms with Gasteiger partial charge >= 0.3 is 0 Å². The van der Waals surface area contributed by atoms with Crippen LogP contribution in [0, 0.1) is 11.8 Å². The van der Waals surface area contributed by atoms with Crippen molar-refractivity contribution >= 4 is 5.91 Å². The molecule has 1 aliphatic rings. The van der Waals surface area contributed by atoms with E-state index in [4.69, 9.17) is 10.5 Å². The molecule has 1 saturated heterocycles. The van der Waals surface area contributed by atoms with Gasteiger partial charge in [0.2, 0.25) is 0 Å². The number of hydrogen-bond donors (Lipinski definition) is 2. The average Bonchev–Trinajstić information content (AvgIpc) is 2.99. The van der Waals surface area contributed by atoms with Crippen LogP contribution in [-0.2, 0) is 4.74 Å². The van der Waals surface area contributed by atoms with Crippen LogP contribution in [-0.4, -0.2) is 31.7 Å². The fourth-order valence-corrected chi connectivity index (χ4v) is 2.18. The summed E-state index contributed by atoms with van der Waals surface area (Å²) >= 11 is 0. The van der Waals surface area contributed by atoms with Crippen molar-refractivity contribution in [2.45, 2.75) is 25.4 Å². The molecule has 1 amide bonds. The first kappa shape index (κ1) is 14.6. The molecule has 1 aliphatic heterocycles. The Bertz CT molecular complexity index is 493. The van der Waals surface area contributed by atoms with Crippen LogP contribution in [0.2, 0.25) is 0 Å². The second-order valence-electron chi connectivity index (χ2n) is 4.76. The normalized spacial score (nSPS) is 17.4. The predicted molar refractivity (Wildman–Crippen MR) is 78.3 cm³/mol. The smallest absolute Gasteiger partial charge is 0.251 e. The molecule has 0 aromatic heterocycles. The lowest BCUT2D eigenvalue weighted by atomic mass is 10.1. The van der Waals surface area contributed by atoms with Crippen LogP contribution in [0.1, 0.15) is 35.2 Å². The molecule has 1 unspecified atom stereocenters. The molecule has 1 aromatic carbocycles. The summed E-state index contributed by atoms with van der Waals surface area (Å²) in [5.41, 5.74) is 6.83. The largest absolute Gasteiger partial charge is 0.378 e. The van der Waals surface area contributed by atoms with Gasteiger partial charge in [-0.1, -0.05) is 11.8 Å². The third-order valence-corrected chi connectivity index (χ3v) is 3.26. The van der Waals surface area contributed by atoms with Crippen molar-refractivity contribution in [1.82, 2.24) is 5.32 Å². The van der Waals surface area contributed by atoms with E-state index < -0.39 is 0 Å². The van der Waals surface area contributed by atoms with Crippen LogP contribution >= 0.6 is 0 Å². The van der Waals surface area contributed by atoms with E-state index in [-0.39, 0.29) is 5.91 Å². The Balaban J connectivity index is 1.79. The summed E-state index contributed by atoms with van der Waals surface area (Å²) in [6.45, 7) is 1.84. The van der Waals surface area contributed by atoms with E-state index in [1.165, 1.54) is 0 Å². The Kier molecular flexibility index (Phi) is 5.60. The molecule has 0 saturated carbocycles. The zero-order valence-electron chi connectivity index (χ0n) is 11.5. The molecular formula is C16H20N2O2. The van der Waals surface area contributed by atoms with Crippen molar-refractivity contribution in [3.8, 4) is 11.8 Å². The van der Waals surface area contributed by atoms with Crippen molar-refractivity contribution in [3.63, 3.8) is 0 Å². The van der Waals surface area contributed by atoms with E-state index >= 15 is 0 Å². The Morgan fingerprint density at radius 1 is 1.40 bits per heavy atom. The number of carbonyl (C=O) groups is 1. The average molecular weight is 272 g/mol. The third kappa shape index (κ3) is 4.37. The fraction of sp³-hybridized carbons (Fsp3) is 0.438. The first-order valence-corrected chi connectivity index (χ1v) is 6.98. The van der Waals surface area contributed by atoms with Crippen molar-refractivity contribution in [2.24, 2.45) is 5.73 Å². The number of hydrogen-bond acceptors (Lipinski definition) is 3. The lowest BCUT2D eigenvalue weighted by molar-refractivity contribution is 0.0907. The highest BCUT2D eigenvalue weighted by Crippen LogP contribution is 2.14. The molecular weight excluding hydrogens is 252 g/mol. The van der Waals surface area contributed by atoms with Crippen molar-refractivity contribution in [2.75, 3.05) is 19.7 Å². The van der Waals surface area contributed by atoms with Gasteiger partial charge in [-0.2, -0.15) is 0 Å². The maximum atomic E-state index is 11.9. The van der Waals surface area contributed by atoms with Gasteiger partial charge in [0.25, 0.3) is 5.91 Å². The van der Waals surface area contributed by atoms with Gasteiger partial charge in [0.1, 0.15) is 0 Å². The molecule has 2 rings (SSSR count). The molecule has 0 aliphatic carbocycles. The summed E-state index contributed by atoms with van der Waals surface area (Å²) in [5.74, 6) is 5.66. The van der Waals surface area contributed by atoms with Gasteiger partial charge < -0.3 is 15.8 Å². The van der Waals surface area contributed by atoms with Crippen molar-refractivity contribution in [3.05, 3.63) is 35.4 Å². The summed E-state index contributed by atoms with van der Waals surface area (Å²) < 4.78 is 5.52.